The Labute approximate surface area is 186 Å². The number of halogens is 1. The van der Waals surface area contributed by atoms with Crippen LogP contribution in [-0.2, 0) is 25.7 Å². The first-order chi connectivity index (χ1) is 15.4. The Kier molecular flexibility index (Phi) is 6.19. The maximum Gasteiger partial charge on any atom is 0.332 e. The molecular formula is C21H19FN3O6S-. The summed E-state index contributed by atoms with van der Waals surface area (Å²) in [4.78, 5) is 54.6. The lowest BCUT2D eigenvalue weighted by atomic mass is 10.0. The highest BCUT2D eigenvalue weighted by atomic mass is 32.1. The number of ether oxygens (including phenoxy) is 1. The van der Waals surface area contributed by atoms with E-state index in [1.807, 2.05) is 17.5 Å². The number of carboxylic acids is 1. The fraction of sp³-hybridized carbons (Fsp3) is 0.333. The number of anilines is 1. The Morgan fingerprint density at radius 1 is 1.19 bits per heavy atom. The van der Waals surface area contributed by atoms with Crippen LogP contribution in [0, 0.1) is 5.82 Å². The van der Waals surface area contributed by atoms with Gasteiger partial charge in [-0.15, -0.1) is 11.3 Å². The number of fused-ring (bicyclic) bond motifs is 1. The van der Waals surface area contributed by atoms with Gasteiger partial charge in [0, 0.05) is 11.4 Å². The topological polar surface area (TPSA) is 110 Å². The minimum Gasteiger partial charge on any atom is -0.548 e. The number of imide groups is 1. The van der Waals surface area contributed by atoms with E-state index < -0.39 is 54.9 Å². The van der Waals surface area contributed by atoms with Crippen molar-refractivity contribution < 1.29 is 33.4 Å². The largest absolute Gasteiger partial charge is 0.548 e. The molecule has 2 saturated heterocycles. The van der Waals surface area contributed by atoms with Crippen molar-refractivity contribution in [1.82, 2.24) is 9.80 Å². The number of nitrogens with zero attached hydrogens (tertiary/aromatic N) is 3. The molecule has 2 aliphatic heterocycles. The number of likely N-dealkylation sites (tertiary alicyclic amines) is 1. The molecule has 0 unspecified atom stereocenters. The number of carbonyl (C=O) groups is 4. The van der Waals surface area contributed by atoms with E-state index in [4.69, 9.17) is 4.74 Å². The van der Waals surface area contributed by atoms with Crippen LogP contribution >= 0.6 is 11.3 Å². The van der Waals surface area contributed by atoms with Crippen molar-refractivity contribution in [3.63, 3.8) is 0 Å². The van der Waals surface area contributed by atoms with E-state index in [0.29, 0.717) is 6.42 Å². The van der Waals surface area contributed by atoms with Gasteiger partial charge < -0.3 is 24.4 Å². The molecular weight excluding hydrogens is 441 g/mol. The average molecular weight is 460 g/mol. The molecule has 168 valence electrons. The third-order valence-corrected chi connectivity index (χ3v) is 6.28. The molecule has 0 spiro atoms. The number of aliphatic carboxylic acids is 1. The molecule has 4 amide bonds. The summed E-state index contributed by atoms with van der Waals surface area (Å²) < 4.78 is 18.7. The molecule has 0 bridgehead atoms. The zero-order chi connectivity index (χ0) is 22.8. The highest BCUT2D eigenvalue weighted by molar-refractivity contribution is 7.09. The fourth-order valence-electron chi connectivity index (χ4n) is 4.09. The zero-order valence-corrected chi connectivity index (χ0v) is 17.6. The summed E-state index contributed by atoms with van der Waals surface area (Å²) in [6.45, 7) is -0.858. The first-order valence-electron chi connectivity index (χ1n) is 9.86. The highest BCUT2D eigenvalue weighted by Gasteiger charge is 2.53. The van der Waals surface area contributed by atoms with Gasteiger partial charge in [-0.05, 0) is 36.1 Å². The van der Waals surface area contributed by atoms with Crippen LogP contribution in [0.15, 0.2) is 41.8 Å². The van der Waals surface area contributed by atoms with Crippen molar-refractivity contribution >= 4 is 40.8 Å². The third kappa shape index (κ3) is 4.21. The number of rotatable bonds is 7. The lowest BCUT2D eigenvalue weighted by Gasteiger charge is -2.43. The molecule has 11 heteroatoms. The Morgan fingerprint density at radius 2 is 2.00 bits per heavy atom. The van der Waals surface area contributed by atoms with Crippen molar-refractivity contribution in [2.45, 2.75) is 25.0 Å². The zero-order valence-electron chi connectivity index (χ0n) is 16.8. The van der Waals surface area contributed by atoms with Crippen molar-refractivity contribution in [3.8, 4) is 0 Å². The molecule has 3 heterocycles. The van der Waals surface area contributed by atoms with Crippen LogP contribution in [0.5, 0.6) is 0 Å². The number of hydrogen-bond acceptors (Lipinski definition) is 7. The van der Waals surface area contributed by atoms with Crippen LogP contribution in [0.3, 0.4) is 0 Å². The van der Waals surface area contributed by atoms with E-state index in [2.05, 4.69) is 0 Å². The summed E-state index contributed by atoms with van der Waals surface area (Å²) in [5.41, 5.74) is 0.0714. The van der Waals surface area contributed by atoms with Gasteiger partial charge in [0.1, 0.15) is 18.5 Å². The van der Waals surface area contributed by atoms with Crippen molar-refractivity contribution in [1.29, 1.82) is 0 Å². The summed E-state index contributed by atoms with van der Waals surface area (Å²) in [5, 5.41) is 12.4. The molecule has 4 rings (SSSR count). The molecule has 0 aliphatic carbocycles. The predicted molar refractivity (Wildman–Crippen MR) is 109 cm³/mol. The normalized spacial score (nSPS) is 20.6. The number of urea groups is 1. The first-order valence-corrected chi connectivity index (χ1v) is 10.7. The summed E-state index contributed by atoms with van der Waals surface area (Å²) in [5.74, 6) is -3.28. The molecule has 2 aromatic rings. The van der Waals surface area contributed by atoms with Crippen LogP contribution in [0.25, 0.3) is 0 Å². The Balaban J connectivity index is 1.65. The lowest BCUT2D eigenvalue weighted by molar-refractivity contribution is -0.309. The van der Waals surface area contributed by atoms with E-state index >= 15 is 0 Å². The minimum atomic E-state index is -1.46. The predicted octanol–water partition coefficient (Wildman–Crippen LogP) is 0.592. The molecule has 1 aromatic carbocycles. The maximum absolute atomic E-state index is 13.9. The van der Waals surface area contributed by atoms with Gasteiger partial charge in [0.05, 0.1) is 30.9 Å². The van der Waals surface area contributed by atoms with Gasteiger partial charge in [-0.1, -0.05) is 12.1 Å². The monoisotopic (exact) mass is 460 g/mol. The van der Waals surface area contributed by atoms with Crippen LogP contribution in [-0.4, -0.2) is 65.5 Å². The molecule has 2 atom stereocenters. The molecule has 32 heavy (non-hydrogen) atoms. The van der Waals surface area contributed by atoms with Gasteiger partial charge in [0.2, 0.25) is 5.91 Å². The van der Waals surface area contributed by atoms with Crippen LogP contribution in [0.1, 0.15) is 11.3 Å². The van der Waals surface area contributed by atoms with Crippen LogP contribution in [0.4, 0.5) is 14.9 Å². The number of amides is 4. The van der Waals surface area contributed by atoms with Crippen molar-refractivity contribution in [3.05, 3.63) is 52.5 Å². The van der Waals surface area contributed by atoms with Crippen molar-refractivity contribution in [2.75, 3.05) is 24.7 Å². The van der Waals surface area contributed by atoms with Crippen LogP contribution in [0.2, 0.25) is 0 Å². The van der Waals surface area contributed by atoms with Gasteiger partial charge in [0.15, 0.2) is 0 Å². The fourth-order valence-corrected chi connectivity index (χ4v) is 4.79. The Hall–Kier alpha value is -3.31. The van der Waals surface area contributed by atoms with E-state index in [1.165, 1.54) is 39.3 Å². The maximum atomic E-state index is 13.9. The molecule has 0 radical (unpaired) electrons. The Morgan fingerprint density at radius 3 is 2.69 bits per heavy atom. The molecule has 2 fully saturated rings. The van der Waals surface area contributed by atoms with Crippen molar-refractivity contribution in [2.24, 2.45) is 0 Å². The average Bonchev–Trinajstić information content (AvgIpc) is 3.41. The second-order valence-electron chi connectivity index (χ2n) is 7.40. The highest BCUT2D eigenvalue weighted by Crippen LogP contribution is 2.34. The lowest BCUT2D eigenvalue weighted by Crippen LogP contribution is -2.66. The molecule has 0 N–H and O–H groups in total. The van der Waals surface area contributed by atoms with Gasteiger partial charge >= 0.3 is 6.03 Å². The number of carbonyl (C=O) groups excluding carboxylic acids is 4. The second-order valence-corrected chi connectivity index (χ2v) is 8.43. The van der Waals surface area contributed by atoms with Gasteiger partial charge in [-0.25, -0.2) is 14.1 Å². The number of thiophene rings is 1. The minimum absolute atomic E-state index is 0.0714. The van der Waals surface area contributed by atoms with E-state index in [-0.39, 0.29) is 18.8 Å². The molecule has 1 aromatic heterocycles. The summed E-state index contributed by atoms with van der Waals surface area (Å²) in [6.07, 6.45) is 0.372. The first kappa shape index (κ1) is 21.9. The molecule has 0 saturated carbocycles. The number of benzene rings is 1. The summed E-state index contributed by atoms with van der Waals surface area (Å²) >= 11 is 1.45. The van der Waals surface area contributed by atoms with E-state index in [9.17, 15) is 28.7 Å². The number of hydrogen-bond donors (Lipinski definition) is 0. The van der Waals surface area contributed by atoms with Gasteiger partial charge in [-0.3, -0.25) is 9.59 Å². The van der Waals surface area contributed by atoms with Gasteiger partial charge in [-0.2, -0.15) is 0 Å². The molecule has 9 nitrogen and oxygen atoms in total. The summed E-state index contributed by atoms with van der Waals surface area (Å²) in [7, 11) is 0. The van der Waals surface area contributed by atoms with E-state index in [1.54, 1.807) is 0 Å². The quantitative estimate of drug-likeness (QED) is 0.598. The smallest absolute Gasteiger partial charge is 0.332 e. The molecule has 2 aliphatic rings. The third-order valence-electron chi connectivity index (χ3n) is 5.42. The second kappa shape index (κ2) is 9.05. The Bertz CT molecular complexity index is 1050. The SMILES string of the molecule is O=C([O-])COCC(=O)N1CC[C@@H]2[C@H]1C(=O)N(c1cccc(F)c1)C(=O)N2Cc1cccs1. The van der Waals surface area contributed by atoms with Crippen LogP contribution < -0.4 is 10.0 Å². The van der Waals surface area contributed by atoms with Gasteiger partial charge in [0.25, 0.3) is 5.91 Å². The standard InChI is InChI=1S/C21H20FN3O6S/c22-13-3-1-4-14(9-13)25-20(29)19-16(24(21(25)30)10-15-5-2-8-32-15)6-7-23(19)17(26)11-31-12-18(27)28/h1-5,8-9,16,19H,6-7,10-12H2,(H,27,28)/p-1/t16-,19+/m1/s1. The number of carboxylic acid groups (broad SMARTS) is 1. The summed E-state index contributed by atoms with van der Waals surface area (Å²) in [6, 6.07) is 6.71. The van der Waals surface area contributed by atoms with E-state index in [0.717, 1.165) is 15.8 Å².